The van der Waals surface area contributed by atoms with Gasteiger partial charge in [-0.1, -0.05) is 48.9 Å². The van der Waals surface area contributed by atoms with Crippen molar-refractivity contribution in [3.05, 3.63) is 71.3 Å². The molecule has 3 saturated carbocycles. The number of aliphatic hydroxyl groups is 1. The molecular formula is C33H32F5NO2. The molecule has 216 valence electrons. The van der Waals surface area contributed by atoms with Crippen LogP contribution in [-0.2, 0) is 4.79 Å². The van der Waals surface area contributed by atoms with Crippen molar-refractivity contribution in [2.24, 2.45) is 29.1 Å². The molecule has 6 rings (SSSR count). The molecule has 0 amide bonds. The van der Waals surface area contributed by atoms with Crippen LogP contribution in [-0.4, -0.2) is 28.6 Å². The van der Waals surface area contributed by atoms with Crippen LogP contribution in [0, 0.1) is 40.4 Å². The first kappa shape index (κ1) is 28.1. The van der Waals surface area contributed by atoms with Crippen LogP contribution in [0.4, 0.5) is 22.0 Å². The Morgan fingerprint density at radius 3 is 2.15 bits per heavy atom. The van der Waals surface area contributed by atoms with Gasteiger partial charge in [0.2, 0.25) is 0 Å². The third kappa shape index (κ3) is 4.10. The summed E-state index contributed by atoms with van der Waals surface area (Å²) in [6.45, 7) is 1.45. The van der Waals surface area contributed by atoms with E-state index in [1.165, 1.54) is 6.92 Å². The molecule has 2 aromatic rings. The molecule has 4 aliphatic carbocycles. The van der Waals surface area contributed by atoms with E-state index in [2.05, 4.69) is 6.07 Å². The minimum absolute atomic E-state index is 0.00887. The SMILES string of the molecule is C[C@]12C[C@H](c3ccc(-c4ccc(C#N)cc4)cc3)[C@H]3[C@@H](CCC4=CC(=O)CC[C@@H]43)[C@@H]1CC[C@@]2(O)C(F)(F)C(F)(F)F. The molecule has 0 bridgehead atoms. The Morgan fingerprint density at radius 1 is 0.902 bits per heavy atom. The third-order valence-electron chi connectivity index (χ3n) is 11.0. The number of nitriles is 1. The number of hydrogen-bond acceptors (Lipinski definition) is 3. The predicted molar refractivity (Wildman–Crippen MR) is 143 cm³/mol. The van der Waals surface area contributed by atoms with Crippen LogP contribution in [0.2, 0.25) is 0 Å². The molecule has 0 heterocycles. The molecule has 3 nitrogen and oxygen atoms in total. The first-order chi connectivity index (χ1) is 19.3. The molecule has 8 heteroatoms. The van der Waals surface area contributed by atoms with E-state index in [1.807, 2.05) is 36.4 Å². The predicted octanol–water partition coefficient (Wildman–Crippen LogP) is 7.99. The topological polar surface area (TPSA) is 61.1 Å². The normalized spacial score (nSPS) is 35.1. The number of halogens is 5. The van der Waals surface area contributed by atoms with Gasteiger partial charge in [-0.2, -0.15) is 27.2 Å². The van der Waals surface area contributed by atoms with Gasteiger partial charge in [-0.05, 0) is 103 Å². The molecule has 3 fully saturated rings. The summed E-state index contributed by atoms with van der Waals surface area (Å²) in [7, 11) is 0. The Labute approximate surface area is 236 Å². The fraction of sp³-hybridized carbons (Fsp3) is 0.515. The number of nitrogens with zero attached hydrogens (tertiary/aromatic N) is 1. The maximum absolute atomic E-state index is 15.2. The highest BCUT2D eigenvalue weighted by atomic mass is 19.4. The van der Waals surface area contributed by atoms with Gasteiger partial charge < -0.3 is 5.11 Å². The fourth-order valence-electron chi connectivity index (χ4n) is 9.06. The monoisotopic (exact) mass is 569 g/mol. The summed E-state index contributed by atoms with van der Waals surface area (Å²) in [5, 5.41) is 20.5. The van der Waals surface area contributed by atoms with Crippen molar-refractivity contribution in [1.29, 1.82) is 5.26 Å². The molecule has 0 unspecified atom stereocenters. The molecule has 41 heavy (non-hydrogen) atoms. The van der Waals surface area contributed by atoms with Crippen LogP contribution in [0.25, 0.3) is 11.1 Å². The van der Waals surface area contributed by atoms with Crippen molar-refractivity contribution in [2.45, 2.75) is 75.5 Å². The van der Waals surface area contributed by atoms with E-state index in [-0.39, 0.29) is 42.3 Å². The summed E-state index contributed by atoms with van der Waals surface area (Å²) in [4.78, 5) is 12.2. The number of rotatable bonds is 3. The molecule has 1 N–H and O–H groups in total. The lowest BCUT2D eigenvalue weighted by Crippen LogP contribution is -2.66. The zero-order valence-electron chi connectivity index (χ0n) is 22.7. The lowest BCUT2D eigenvalue weighted by atomic mass is 9.46. The van der Waals surface area contributed by atoms with E-state index >= 15 is 8.78 Å². The first-order valence-electron chi connectivity index (χ1n) is 14.3. The minimum Gasteiger partial charge on any atom is -0.383 e. The Balaban J connectivity index is 1.43. The number of ketones is 1. The first-order valence-corrected chi connectivity index (χ1v) is 14.3. The number of carbonyl (C=O) groups is 1. The maximum Gasteiger partial charge on any atom is 0.456 e. The Bertz CT molecular complexity index is 1420. The average Bonchev–Trinajstić information content (AvgIpc) is 3.23. The summed E-state index contributed by atoms with van der Waals surface area (Å²) in [5.41, 5.74) is -0.606. The molecule has 0 spiro atoms. The van der Waals surface area contributed by atoms with Crippen LogP contribution in [0.15, 0.2) is 60.2 Å². The number of alkyl halides is 5. The van der Waals surface area contributed by atoms with Crippen molar-refractivity contribution in [3.8, 4) is 17.2 Å². The molecule has 0 radical (unpaired) electrons. The lowest BCUT2D eigenvalue weighted by Gasteiger charge is -2.59. The second-order valence-electron chi connectivity index (χ2n) is 12.7. The highest BCUT2D eigenvalue weighted by molar-refractivity contribution is 5.91. The number of hydrogen-bond donors (Lipinski definition) is 1. The molecular weight excluding hydrogens is 537 g/mol. The second-order valence-corrected chi connectivity index (χ2v) is 12.7. The van der Waals surface area contributed by atoms with Crippen molar-refractivity contribution in [1.82, 2.24) is 0 Å². The van der Waals surface area contributed by atoms with Gasteiger partial charge in [-0.15, -0.1) is 0 Å². The van der Waals surface area contributed by atoms with E-state index < -0.39 is 35.5 Å². The summed E-state index contributed by atoms with van der Waals surface area (Å²) in [5.74, 6) is -6.06. The standard InChI is InChI=1S/C33H32F5NO2/c1-30-17-27(22-8-6-21(7-9-22)20-4-2-19(18-39)3-5-20)29-25-13-11-24(40)16-23(25)10-12-26(29)28(30)14-15-31(30,41)32(34,35)33(36,37)38/h2-9,16,25-29,41H,10-15,17H2,1H3/t25-,26-,27+,28-,29+,30-,31-/m0/s1. The van der Waals surface area contributed by atoms with Crippen molar-refractivity contribution < 1.29 is 31.9 Å². The smallest absolute Gasteiger partial charge is 0.383 e. The highest BCUT2D eigenvalue weighted by Crippen LogP contribution is 2.71. The Kier molecular flexibility index (Phi) is 6.50. The molecule has 0 saturated heterocycles. The Hall–Kier alpha value is -3.05. The zero-order valence-corrected chi connectivity index (χ0v) is 22.7. The van der Waals surface area contributed by atoms with Crippen LogP contribution in [0.3, 0.4) is 0 Å². The quantitative estimate of drug-likeness (QED) is 0.381. The number of allylic oxidation sites excluding steroid dienone is 1. The van der Waals surface area contributed by atoms with Gasteiger partial charge in [0, 0.05) is 11.8 Å². The molecule has 0 aromatic heterocycles. The summed E-state index contributed by atoms with van der Waals surface area (Å²) >= 11 is 0. The van der Waals surface area contributed by atoms with Gasteiger partial charge >= 0.3 is 12.1 Å². The average molecular weight is 570 g/mol. The van der Waals surface area contributed by atoms with Crippen LogP contribution < -0.4 is 0 Å². The zero-order chi connectivity index (χ0) is 29.4. The van der Waals surface area contributed by atoms with E-state index in [1.54, 1.807) is 18.2 Å². The van der Waals surface area contributed by atoms with Gasteiger partial charge in [0.25, 0.3) is 0 Å². The number of fused-ring (bicyclic) bond motifs is 5. The summed E-state index contributed by atoms with van der Waals surface area (Å²) in [6.07, 6.45) is -2.31. The van der Waals surface area contributed by atoms with E-state index in [0.717, 1.165) is 22.3 Å². The van der Waals surface area contributed by atoms with Gasteiger partial charge in [0.1, 0.15) is 5.60 Å². The molecule has 0 aliphatic heterocycles. The summed E-state index contributed by atoms with van der Waals surface area (Å²) in [6, 6.07) is 16.9. The lowest BCUT2D eigenvalue weighted by molar-refractivity contribution is -0.364. The highest BCUT2D eigenvalue weighted by Gasteiger charge is 2.79. The van der Waals surface area contributed by atoms with Crippen LogP contribution in [0.1, 0.15) is 68.9 Å². The number of benzene rings is 2. The molecule has 4 aliphatic rings. The van der Waals surface area contributed by atoms with Crippen LogP contribution in [0.5, 0.6) is 0 Å². The maximum atomic E-state index is 15.2. The molecule has 2 aromatic carbocycles. The van der Waals surface area contributed by atoms with E-state index in [9.17, 15) is 23.1 Å². The van der Waals surface area contributed by atoms with Crippen molar-refractivity contribution in [2.75, 3.05) is 0 Å². The van der Waals surface area contributed by atoms with E-state index in [4.69, 9.17) is 5.26 Å². The minimum atomic E-state index is -5.86. The van der Waals surface area contributed by atoms with Crippen molar-refractivity contribution in [3.63, 3.8) is 0 Å². The largest absolute Gasteiger partial charge is 0.456 e. The van der Waals surface area contributed by atoms with Crippen LogP contribution >= 0.6 is 0 Å². The van der Waals surface area contributed by atoms with Gasteiger partial charge in [0.05, 0.1) is 11.6 Å². The van der Waals surface area contributed by atoms with Gasteiger partial charge in [0.15, 0.2) is 5.78 Å². The third-order valence-corrected chi connectivity index (χ3v) is 11.0. The Morgan fingerprint density at radius 2 is 1.54 bits per heavy atom. The summed E-state index contributed by atoms with van der Waals surface area (Å²) < 4.78 is 71.6. The fourth-order valence-corrected chi connectivity index (χ4v) is 9.06. The van der Waals surface area contributed by atoms with E-state index in [0.29, 0.717) is 31.2 Å². The van der Waals surface area contributed by atoms with Gasteiger partial charge in [-0.3, -0.25) is 4.79 Å². The van der Waals surface area contributed by atoms with Gasteiger partial charge in [-0.25, -0.2) is 0 Å². The van der Waals surface area contributed by atoms with Crippen molar-refractivity contribution >= 4 is 5.78 Å². The number of carbonyl (C=O) groups excluding carboxylic acids is 1. The molecule has 7 atom stereocenters. The second kappa shape index (κ2) is 9.49.